The van der Waals surface area contributed by atoms with Gasteiger partial charge in [0, 0.05) is 6.54 Å². The second-order valence-electron chi connectivity index (χ2n) is 4.53. The van der Waals surface area contributed by atoms with E-state index in [0.29, 0.717) is 27.7 Å². The summed E-state index contributed by atoms with van der Waals surface area (Å²) in [6.45, 7) is 0.814. The lowest BCUT2D eigenvalue weighted by molar-refractivity contribution is 0.352. The van der Waals surface area contributed by atoms with E-state index in [4.69, 9.17) is 21.1 Å². The molecule has 1 saturated carbocycles. The van der Waals surface area contributed by atoms with Crippen LogP contribution in [0.2, 0.25) is 5.28 Å². The van der Waals surface area contributed by atoms with Crippen LogP contribution in [-0.4, -0.2) is 44.4 Å². The summed E-state index contributed by atoms with van der Waals surface area (Å²) in [5, 5.41) is 12.5. The van der Waals surface area contributed by atoms with Gasteiger partial charge in [0.15, 0.2) is 0 Å². The molecule has 0 spiro atoms. The van der Waals surface area contributed by atoms with Crippen LogP contribution in [0.4, 0.5) is 0 Å². The minimum Gasteiger partial charge on any atom is -0.480 e. The van der Waals surface area contributed by atoms with Gasteiger partial charge in [-0.25, -0.2) is 4.68 Å². The average Bonchev–Trinajstić information content (AvgIpc) is 3.19. The zero-order chi connectivity index (χ0) is 14.8. The number of methoxy groups -OCH3 is 2. The Bertz CT molecular complexity index is 622. The Labute approximate surface area is 130 Å². The number of hydrogen-bond acceptors (Lipinski definition) is 8. The fourth-order valence-electron chi connectivity index (χ4n) is 1.77. The molecule has 2 aromatic rings. The molecule has 8 nitrogen and oxygen atoms in total. The van der Waals surface area contributed by atoms with Gasteiger partial charge in [0.2, 0.25) is 22.2 Å². The molecule has 0 bridgehead atoms. The van der Waals surface area contributed by atoms with Gasteiger partial charge in [0.25, 0.3) is 0 Å². The molecule has 112 valence electrons. The standard InChI is InChI=1S/C11H13ClN6O2S/c1-19-8-7(9(20-2)14-10(12)13-8)21-11-15-16-17-18(11)5-6-3-4-6/h6H,3-5H2,1-2H3. The second kappa shape index (κ2) is 6.02. The molecule has 0 saturated heterocycles. The van der Waals surface area contributed by atoms with Gasteiger partial charge >= 0.3 is 0 Å². The largest absolute Gasteiger partial charge is 0.480 e. The average molecular weight is 329 g/mol. The molecule has 2 aromatic heterocycles. The number of ether oxygens (including phenoxy) is 2. The van der Waals surface area contributed by atoms with E-state index < -0.39 is 0 Å². The van der Waals surface area contributed by atoms with Crippen molar-refractivity contribution in [2.75, 3.05) is 14.2 Å². The molecule has 21 heavy (non-hydrogen) atoms. The first-order valence-corrected chi connectivity index (χ1v) is 7.50. The Kier molecular flexibility index (Phi) is 4.11. The topological polar surface area (TPSA) is 87.8 Å². The van der Waals surface area contributed by atoms with Crippen molar-refractivity contribution in [3.05, 3.63) is 5.28 Å². The summed E-state index contributed by atoms with van der Waals surface area (Å²) >= 11 is 7.13. The van der Waals surface area contributed by atoms with E-state index in [-0.39, 0.29) is 5.28 Å². The molecule has 10 heteroatoms. The second-order valence-corrected chi connectivity index (χ2v) is 5.84. The third kappa shape index (κ3) is 3.18. The minimum atomic E-state index is 0.0608. The Morgan fingerprint density at radius 3 is 2.48 bits per heavy atom. The Morgan fingerprint density at radius 2 is 1.90 bits per heavy atom. The maximum atomic E-state index is 5.83. The van der Waals surface area contributed by atoms with Crippen LogP contribution in [0.1, 0.15) is 12.8 Å². The molecule has 2 heterocycles. The van der Waals surface area contributed by atoms with Crippen molar-refractivity contribution in [3.8, 4) is 11.8 Å². The van der Waals surface area contributed by atoms with Gasteiger partial charge in [0.1, 0.15) is 4.90 Å². The molecule has 1 aliphatic rings. The predicted octanol–water partition coefficient (Wildman–Crippen LogP) is 1.69. The monoisotopic (exact) mass is 328 g/mol. The van der Waals surface area contributed by atoms with Crippen LogP contribution >= 0.6 is 23.4 Å². The number of rotatable bonds is 6. The normalized spacial score (nSPS) is 14.2. The molecule has 0 aromatic carbocycles. The van der Waals surface area contributed by atoms with Crippen molar-refractivity contribution in [3.63, 3.8) is 0 Å². The van der Waals surface area contributed by atoms with E-state index in [1.54, 1.807) is 4.68 Å². The summed E-state index contributed by atoms with van der Waals surface area (Å²) in [6, 6.07) is 0. The van der Waals surface area contributed by atoms with Crippen LogP contribution in [0.25, 0.3) is 0 Å². The lowest BCUT2D eigenvalue weighted by atomic mass is 10.4. The van der Waals surface area contributed by atoms with Gasteiger partial charge in [-0.3, -0.25) is 0 Å². The van der Waals surface area contributed by atoms with Crippen LogP contribution in [0.15, 0.2) is 10.1 Å². The molecule has 1 aliphatic carbocycles. The van der Waals surface area contributed by atoms with Crippen molar-refractivity contribution in [1.82, 2.24) is 30.2 Å². The fourth-order valence-corrected chi connectivity index (χ4v) is 2.83. The smallest absolute Gasteiger partial charge is 0.236 e. The summed E-state index contributed by atoms with van der Waals surface area (Å²) < 4.78 is 12.2. The number of tetrazole rings is 1. The Balaban J connectivity index is 1.91. The van der Waals surface area contributed by atoms with Crippen LogP contribution in [0.5, 0.6) is 11.8 Å². The van der Waals surface area contributed by atoms with Gasteiger partial charge in [-0.15, -0.1) is 5.10 Å². The predicted molar refractivity (Wildman–Crippen MR) is 74.8 cm³/mol. The highest BCUT2D eigenvalue weighted by molar-refractivity contribution is 7.99. The first kappa shape index (κ1) is 14.3. The first-order valence-electron chi connectivity index (χ1n) is 6.30. The lowest BCUT2D eigenvalue weighted by Crippen LogP contribution is -2.05. The molecule has 3 rings (SSSR count). The summed E-state index contributed by atoms with van der Waals surface area (Å²) in [4.78, 5) is 8.67. The van der Waals surface area contributed by atoms with Crippen molar-refractivity contribution < 1.29 is 9.47 Å². The molecule has 0 unspecified atom stereocenters. The lowest BCUT2D eigenvalue weighted by Gasteiger charge is -2.10. The third-order valence-electron chi connectivity index (χ3n) is 2.98. The Hall–Kier alpha value is -1.61. The molecule has 0 radical (unpaired) electrons. The maximum Gasteiger partial charge on any atom is 0.236 e. The van der Waals surface area contributed by atoms with Crippen molar-refractivity contribution >= 4 is 23.4 Å². The summed E-state index contributed by atoms with van der Waals surface area (Å²) in [5.74, 6) is 1.33. The fraction of sp³-hybridized carbons (Fsp3) is 0.545. The molecule has 0 amide bonds. The summed E-state index contributed by atoms with van der Waals surface area (Å²) in [6.07, 6.45) is 2.45. The van der Waals surface area contributed by atoms with Crippen LogP contribution in [0, 0.1) is 5.92 Å². The molecular formula is C11H13ClN6O2S. The quantitative estimate of drug-likeness (QED) is 0.740. The molecule has 1 fully saturated rings. The number of aromatic nitrogens is 6. The van der Waals surface area contributed by atoms with Crippen LogP contribution in [-0.2, 0) is 6.54 Å². The van der Waals surface area contributed by atoms with Gasteiger partial charge in [-0.1, -0.05) is 0 Å². The van der Waals surface area contributed by atoms with Gasteiger partial charge in [-0.2, -0.15) is 9.97 Å². The minimum absolute atomic E-state index is 0.0608. The van der Waals surface area contributed by atoms with E-state index in [1.807, 2.05) is 0 Å². The molecule has 0 N–H and O–H groups in total. The van der Waals surface area contributed by atoms with Crippen molar-refractivity contribution in [2.24, 2.45) is 5.92 Å². The zero-order valence-corrected chi connectivity index (χ0v) is 13.1. The highest BCUT2D eigenvalue weighted by atomic mass is 35.5. The van der Waals surface area contributed by atoms with Crippen LogP contribution in [0.3, 0.4) is 0 Å². The van der Waals surface area contributed by atoms with Gasteiger partial charge in [0.05, 0.1) is 14.2 Å². The van der Waals surface area contributed by atoms with E-state index in [9.17, 15) is 0 Å². The highest BCUT2D eigenvalue weighted by Gasteiger charge is 2.25. The van der Waals surface area contributed by atoms with E-state index in [2.05, 4.69) is 25.5 Å². The Morgan fingerprint density at radius 1 is 1.24 bits per heavy atom. The third-order valence-corrected chi connectivity index (χ3v) is 4.18. The first-order chi connectivity index (χ1) is 10.2. The number of nitrogens with zero attached hydrogens (tertiary/aromatic N) is 6. The zero-order valence-electron chi connectivity index (χ0n) is 11.5. The van der Waals surface area contributed by atoms with E-state index in [0.717, 1.165) is 6.54 Å². The molecule has 0 atom stereocenters. The highest BCUT2D eigenvalue weighted by Crippen LogP contribution is 2.40. The van der Waals surface area contributed by atoms with Crippen molar-refractivity contribution in [2.45, 2.75) is 29.4 Å². The van der Waals surface area contributed by atoms with Crippen LogP contribution < -0.4 is 9.47 Å². The van der Waals surface area contributed by atoms with Gasteiger partial charge < -0.3 is 9.47 Å². The summed E-state index contributed by atoms with van der Waals surface area (Å²) in [5.41, 5.74) is 0. The van der Waals surface area contributed by atoms with E-state index >= 15 is 0 Å². The summed E-state index contributed by atoms with van der Waals surface area (Å²) in [7, 11) is 3.02. The number of halogens is 1. The molecular weight excluding hydrogens is 316 g/mol. The van der Waals surface area contributed by atoms with Crippen molar-refractivity contribution in [1.29, 1.82) is 0 Å². The SMILES string of the molecule is COc1nc(Cl)nc(OC)c1Sc1nnnn1CC1CC1. The van der Waals surface area contributed by atoms with Gasteiger partial charge in [-0.05, 0) is 52.5 Å². The molecule has 0 aliphatic heterocycles. The number of hydrogen-bond donors (Lipinski definition) is 0. The van der Waals surface area contributed by atoms with E-state index in [1.165, 1.54) is 38.8 Å². The maximum absolute atomic E-state index is 5.83.